The van der Waals surface area contributed by atoms with E-state index in [1.54, 1.807) is 11.3 Å². The van der Waals surface area contributed by atoms with E-state index < -0.39 is 0 Å². The summed E-state index contributed by atoms with van der Waals surface area (Å²) in [6, 6.07) is 161. The molecule has 26 rings (SSSR count). The lowest BCUT2D eigenvalue weighted by Gasteiger charge is -2.19. The average molecular weight is 1720 g/mol. The molecule has 0 unspecified atom stereocenters. The van der Waals surface area contributed by atoms with Crippen LogP contribution in [0.5, 0.6) is 0 Å². The lowest BCUT2D eigenvalue weighted by Crippen LogP contribution is -1.91. The van der Waals surface area contributed by atoms with E-state index in [1.165, 1.54) is 203 Å². The highest BCUT2D eigenvalue weighted by Gasteiger charge is 2.25. The molecule has 0 nitrogen and oxygen atoms in total. The van der Waals surface area contributed by atoms with Crippen molar-refractivity contribution in [2.24, 2.45) is 0 Å². The molecule has 0 N–H and O–H groups in total. The van der Waals surface area contributed by atoms with E-state index >= 15 is 0 Å². The first-order chi connectivity index (χ1) is 70.7. The Balaban J connectivity index is 0.000000134. The molecule has 0 spiro atoms. The Hall–Kier alpha value is -15.5. The smallest absolute Gasteiger partial charge is 0.0629 e. The molecule has 616 valence electrons. The van der Waals surface area contributed by atoms with Crippen molar-refractivity contribution in [1.29, 1.82) is 0 Å². The molecule has 3 heteroatoms. The molecule has 0 radical (unpaired) electrons. The molecule has 129 heavy (non-hydrogen) atoms. The minimum Gasteiger partial charge on any atom is -0.135 e. The van der Waals surface area contributed by atoms with Crippen molar-refractivity contribution in [1.82, 2.24) is 0 Å². The van der Waals surface area contributed by atoms with Gasteiger partial charge in [0.2, 0.25) is 0 Å². The van der Waals surface area contributed by atoms with Crippen LogP contribution in [-0.2, 0) is 0 Å². The van der Waals surface area contributed by atoms with Gasteiger partial charge < -0.3 is 0 Å². The molecule has 0 aliphatic carbocycles. The second-order valence-corrected chi connectivity index (χ2v) is 35.7. The van der Waals surface area contributed by atoms with E-state index in [0.29, 0.717) is 10.8 Å². The number of hydrogen-bond acceptors (Lipinski definition) is 3. The van der Waals surface area contributed by atoms with E-state index in [-0.39, 0.29) is 24.2 Å². The monoisotopic (exact) mass is 1720 g/mol. The van der Waals surface area contributed by atoms with Crippen LogP contribution in [0.3, 0.4) is 0 Å². The minimum absolute atomic E-state index is 0.0180. The van der Waals surface area contributed by atoms with Crippen LogP contribution in [0.15, 0.2) is 473 Å². The Labute approximate surface area is 783 Å². The quantitative estimate of drug-likeness (QED) is 0.120. The second kappa shape index (κ2) is 33.8. The Bertz CT molecular complexity index is 8980. The first kappa shape index (κ1) is 68.8. The lowest BCUT2D eigenvalue weighted by atomic mass is 9.84. The van der Waals surface area contributed by atoms with Gasteiger partial charge in [0.05, 0.1) is 5.48 Å². The van der Waals surface area contributed by atoms with Crippen molar-refractivity contribution >= 4 is 170 Å². The summed E-state index contributed by atoms with van der Waals surface area (Å²) in [7, 11) is 2.50. The number of rotatable bonds is 10. The van der Waals surface area contributed by atoms with Crippen LogP contribution in [-0.4, -0.2) is 0 Å². The Morgan fingerprint density at radius 3 is 0.938 bits per heavy atom. The zero-order valence-electron chi connectivity index (χ0n) is 84.9. The van der Waals surface area contributed by atoms with Crippen molar-refractivity contribution < 1.29 is 20.1 Å². The highest BCUT2D eigenvalue weighted by atomic mass is 32.1. The van der Waals surface area contributed by atoms with Crippen LogP contribution in [0.4, 0.5) is 0 Å². The molecule has 0 aliphatic heterocycles. The van der Waals surface area contributed by atoms with Crippen LogP contribution in [0, 0.1) is 0 Å². The van der Waals surface area contributed by atoms with Crippen molar-refractivity contribution in [2.75, 3.05) is 0 Å². The predicted molar refractivity (Wildman–Crippen MR) is 577 cm³/mol. The normalized spacial score (nSPS) is 12.2. The van der Waals surface area contributed by atoms with Gasteiger partial charge in [0.1, 0.15) is 0 Å². The standard InChI is InChI=1S/C44H28S.C42H26S.C38H24S.2CH4.4H2/c1-3-13-29(14-4-1)33-21-11-23-39-40-24-12-22-34(44(40)45-43(33)39)30-25-27-32(28-26-30)42-37-19-9-7-17-35(37)41(31-15-5-2-6-16-31)36-18-8-10-20-38(36)42;1-2-12-27(13-3-1)29-24-25-31-37-22-11-23-38(42(37)43-39(31)26-29)41-35-19-8-6-17-33(35)40(34-18-7-9-20-36(34)41)32-21-10-15-28-14-4-5-16-30(28)32;1-3-13-25(14-4-1)27-21-11-23-33-37-32(22-12-24-34(37)39-38(27)33)36-30-19-9-7-17-28(30)35(26-15-5-2-6-16-26)29-18-8-10-20-31(29)36;;;;;;/h1-28H;1-26H;1-24H;2*1H4;4*1H/i;;7D,9D,17D,19D;2*1D;4*1+1D. The first-order valence-electron chi connectivity index (χ1n) is 51.3. The third-order valence-electron chi connectivity index (χ3n) is 25.5. The van der Waals surface area contributed by atoms with E-state index in [2.05, 4.69) is 400 Å². The van der Waals surface area contributed by atoms with Gasteiger partial charge in [-0.05, 0) is 193 Å². The summed E-state index contributed by atoms with van der Waals surface area (Å²) in [5.74, 6) is 0. The van der Waals surface area contributed by atoms with Gasteiger partial charge in [0, 0.05) is 80.7 Å². The molecule has 0 saturated heterocycles. The highest BCUT2D eigenvalue weighted by Crippen LogP contribution is 2.54. The zero-order valence-corrected chi connectivity index (χ0v) is 73.4. The SMILES string of the molecule is [2H]C.[2H]C.[2H][2H].[2H][2H].[2H][2H].[2H][2H].[2H]c1c([2H])c([2H])c2c(-c3cccc4sc5c(-c6ccccc6)cccc5c34)c3ccccc3c(-c3ccccc3)c2c1[2H].c1ccc(-c2c3ccccc3c(-c3ccc(-c4cccc5c4sc4c(-c6ccccc6)cccc45)cc3)c3ccccc23)cc1.c1ccc(-c2ccc3c(c2)sc2c(-c4c5ccccc5c(-c5cccc6ccccc56)c5ccccc45)cccc23)cc1. The molecule has 23 aromatic carbocycles. The van der Waals surface area contributed by atoms with Gasteiger partial charge in [-0.25, -0.2) is 0 Å². The molecular formula is C126H94S3. The maximum atomic E-state index is 9.24. The number of thiophene rings is 3. The fourth-order valence-corrected chi connectivity index (χ4v) is 23.9. The summed E-state index contributed by atoms with van der Waals surface area (Å²) >= 11 is 5.58. The maximum absolute atomic E-state index is 9.24. The third-order valence-corrected chi connectivity index (χ3v) is 29.2. The van der Waals surface area contributed by atoms with Gasteiger partial charge in [-0.2, -0.15) is 0 Å². The largest absolute Gasteiger partial charge is 0.135 e. The van der Waals surface area contributed by atoms with Gasteiger partial charge in [0.25, 0.3) is 0 Å². The summed E-state index contributed by atoms with van der Waals surface area (Å²) < 4.78 is 94.9. The summed E-state index contributed by atoms with van der Waals surface area (Å²) in [6.45, 7) is 0. The van der Waals surface area contributed by atoms with Crippen molar-refractivity contribution in [3.63, 3.8) is 0 Å². The van der Waals surface area contributed by atoms with Gasteiger partial charge in [-0.3, -0.25) is 0 Å². The van der Waals surface area contributed by atoms with E-state index in [1.807, 2.05) is 71.2 Å². The lowest BCUT2D eigenvalue weighted by molar-refractivity contribution is 1.64. The van der Waals surface area contributed by atoms with Crippen molar-refractivity contribution in [3.8, 4) is 111 Å². The van der Waals surface area contributed by atoms with E-state index in [4.69, 9.17) is 18.7 Å². The van der Waals surface area contributed by atoms with Crippen LogP contribution >= 0.6 is 34.0 Å². The van der Waals surface area contributed by atoms with Gasteiger partial charge >= 0.3 is 0 Å². The first-order valence-corrected chi connectivity index (χ1v) is 45.7. The molecule has 0 aliphatic rings. The fraction of sp³-hybridized carbons (Fsp3) is 0.0159. The van der Waals surface area contributed by atoms with Crippen LogP contribution in [0.25, 0.3) is 247 Å². The van der Waals surface area contributed by atoms with E-state index in [0.717, 1.165) is 48.5 Å². The van der Waals surface area contributed by atoms with Crippen LogP contribution in [0.1, 0.15) is 34.9 Å². The minimum atomic E-state index is -0.221. The second-order valence-electron chi connectivity index (χ2n) is 32.6. The number of hydrogen-bond donors (Lipinski definition) is 0. The molecule has 3 aromatic heterocycles. The van der Waals surface area contributed by atoms with Crippen molar-refractivity contribution in [3.05, 3.63) is 473 Å². The average Bonchev–Trinajstić information content (AvgIpc) is 1.71. The van der Waals surface area contributed by atoms with Gasteiger partial charge in [-0.15, -0.1) is 34.0 Å². The van der Waals surface area contributed by atoms with Crippen LogP contribution < -0.4 is 0 Å². The molecule has 3 heterocycles. The number of benzene rings is 23. The summed E-state index contributed by atoms with van der Waals surface area (Å²) in [5, 5.41) is 23.4. The Morgan fingerprint density at radius 2 is 0.457 bits per heavy atom. The number of fused-ring (bicyclic) bond motifs is 16. The van der Waals surface area contributed by atoms with Gasteiger partial charge in [0.15, 0.2) is 0 Å². The Kier molecular flexibility index (Phi) is 18.0. The predicted octanol–water partition coefficient (Wildman–Crippen LogP) is 39.2. The van der Waals surface area contributed by atoms with Crippen LogP contribution in [0.2, 0.25) is 0 Å². The van der Waals surface area contributed by atoms with Gasteiger partial charge in [-0.1, -0.05) is 476 Å². The molecular weight excluding hydrogens is 1610 g/mol. The van der Waals surface area contributed by atoms with E-state index in [9.17, 15) is 1.37 Å². The molecule has 26 aromatic rings. The molecule has 0 bridgehead atoms. The molecule has 0 atom stereocenters. The topological polar surface area (TPSA) is 0 Å². The fourth-order valence-electron chi connectivity index (χ4n) is 20.0. The van der Waals surface area contributed by atoms with Crippen molar-refractivity contribution in [2.45, 2.75) is 14.8 Å². The highest BCUT2D eigenvalue weighted by molar-refractivity contribution is 7.27. The zero-order chi connectivity index (χ0) is 99.3. The molecule has 0 fully saturated rings. The molecule has 0 saturated carbocycles. The molecule has 0 amide bonds. The summed E-state index contributed by atoms with van der Waals surface area (Å²) in [4.78, 5) is 0. The third kappa shape index (κ3) is 13.7. The Morgan fingerprint density at radius 1 is 0.178 bits per heavy atom. The summed E-state index contributed by atoms with van der Waals surface area (Å²) in [5.41, 5.74) is 23.8. The maximum Gasteiger partial charge on any atom is 0.0629 e. The summed E-state index contributed by atoms with van der Waals surface area (Å²) in [6.07, 6.45) is 0.